The van der Waals surface area contributed by atoms with Crippen LogP contribution in [0.4, 0.5) is 0 Å². The van der Waals surface area contributed by atoms with Gasteiger partial charge in [0.1, 0.15) is 17.2 Å². The molecule has 0 bridgehead atoms. The van der Waals surface area contributed by atoms with Gasteiger partial charge in [0.25, 0.3) is 0 Å². The molecule has 3 aromatic rings. The molecule has 0 atom stereocenters. The van der Waals surface area contributed by atoms with E-state index in [1.165, 1.54) is 18.2 Å². The maximum atomic E-state index is 12.3. The Morgan fingerprint density at radius 1 is 0.528 bits per heavy atom. The predicted molar refractivity (Wildman–Crippen MR) is 139 cm³/mol. The molecule has 0 aliphatic rings. The van der Waals surface area contributed by atoms with Crippen molar-refractivity contribution in [1.82, 2.24) is 0 Å². The number of rotatable bonds is 8. The summed E-state index contributed by atoms with van der Waals surface area (Å²) in [5.41, 5.74) is 3.13. The molecule has 0 saturated carbocycles. The minimum Gasteiger partial charge on any atom is -0.423 e. The molecule has 0 spiro atoms. The lowest BCUT2D eigenvalue weighted by Gasteiger charge is -2.13. The van der Waals surface area contributed by atoms with E-state index in [1.807, 2.05) is 24.3 Å². The van der Waals surface area contributed by atoms with E-state index in [2.05, 4.69) is 0 Å². The standard InChI is InChI=1S/C30H26O6/c1-4-7-28(31)34-24-15-10-21(11-16-24)23-14-19-26(27(20-23)36-30(33)9-6-3)22-12-17-25(18-13-22)35-29(32)8-5-2/h4-20H,1-3H3/b7-4+,8-5+,9-6+. The lowest BCUT2D eigenvalue weighted by Crippen LogP contribution is -2.05. The quantitative estimate of drug-likeness (QED) is 0.208. The molecule has 3 aromatic carbocycles. The monoisotopic (exact) mass is 482 g/mol. The number of hydrogen-bond acceptors (Lipinski definition) is 6. The van der Waals surface area contributed by atoms with Gasteiger partial charge in [-0.25, -0.2) is 14.4 Å². The van der Waals surface area contributed by atoms with E-state index in [1.54, 1.807) is 81.5 Å². The predicted octanol–water partition coefficient (Wildman–Crippen LogP) is 6.47. The molecule has 0 heterocycles. The van der Waals surface area contributed by atoms with Gasteiger partial charge in [-0.3, -0.25) is 0 Å². The van der Waals surface area contributed by atoms with Gasteiger partial charge in [0.05, 0.1) is 0 Å². The van der Waals surface area contributed by atoms with Crippen LogP contribution in [0.25, 0.3) is 22.3 Å². The Morgan fingerprint density at radius 3 is 1.42 bits per heavy atom. The van der Waals surface area contributed by atoms with E-state index in [0.29, 0.717) is 22.8 Å². The number of benzene rings is 3. The van der Waals surface area contributed by atoms with Gasteiger partial charge >= 0.3 is 17.9 Å². The maximum Gasteiger partial charge on any atom is 0.335 e. The highest BCUT2D eigenvalue weighted by Gasteiger charge is 2.13. The first kappa shape index (κ1) is 25.9. The molecule has 0 aliphatic heterocycles. The van der Waals surface area contributed by atoms with Gasteiger partial charge in [-0.15, -0.1) is 0 Å². The van der Waals surface area contributed by atoms with Gasteiger partial charge in [-0.05, 0) is 67.8 Å². The second-order valence-electron chi connectivity index (χ2n) is 7.52. The fraction of sp³-hybridized carbons (Fsp3) is 0.100. The first-order chi connectivity index (χ1) is 17.4. The minimum atomic E-state index is -0.501. The van der Waals surface area contributed by atoms with Crippen LogP contribution in [0.1, 0.15) is 20.8 Å². The van der Waals surface area contributed by atoms with Crippen LogP contribution >= 0.6 is 0 Å². The lowest BCUT2D eigenvalue weighted by atomic mass is 9.99. The molecule has 0 aliphatic carbocycles. The van der Waals surface area contributed by atoms with Crippen molar-refractivity contribution >= 4 is 17.9 Å². The molecule has 0 radical (unpaired) electrons. The summed E-state index contributed by atoms with van der Waals surface area (Å²) in [6.45, 7) is 5.21. The summed E-state index contributed by atoms with van der Waals surface area (Å²) in [7, 11) is 0. The summed E-state index contributed by atoms with van der Waals surface area (Å²) >= 11 is 0. The first-order valence-corrected chi connectivity index (χ1v) is 11.3. The third-order valence-corrected chi connectivity index (χ3v) is 4.89. The van der Waals surface area contributed by atoms with Gasteiger partial charge < -0.3 is 14.2 Å². The third-order valence-electron chi connectivity index (χ3n) is 4.89. The SMILES string of the molecule is C/C=C/C(=O)Oc1ccc(-c2ccc(-c3ccc(OC(=O)/C=C/C)cc3)c(OC(=O)/C=C/C)c2)cc1. The highest BCUT2D eigenvalue weighted by atomic mass is 16.5. The zero-order chi connectivity index (χ0) is 25.9. The fourth-order valence-corrected chi connectivity index (χ4v) is 3.29. The second kappa shape index (κ2) is 12.7. The molecule has 0 amide bonds. The van der Waals surface area contributed by atoms with Crippen molar-refractivity contribution in [2.75, 3.05) is 0 Å². The lowest BCUT2D eigenvalue weighted by molar-refractivity contribution is -0.129. The van der Waals surface area contributed by atoms with Gasteiger partial charge in [-0.1, -0.05) is 54.6 Å². The summed E-state index contributed by atoms with van der Waals surface area (Å²) in [5, 5.41) is 0. The van der Waals surface area contributed by atoms with Crippen LogP contribution in [-0.2, 0) is 14.4 Å². The molecule has 6 nitrogen and oxygen atoms in total. The van der Waals surface area contributed by atoms with Crippen molar-refractivity contribution in [3.63, 3.8) is 0 Å². The summed E-state index contributed by atoms with van der Waals surface area (Å²) in [6, 6.07) is 19.5. The van der Waals surface area contributed by atoms with Crippen LogP contribution < -0.4 is 14.2 Å². The van der Waals surface area contributed by atoms with Crippen molar-refractivity contribution in [1.29, 1.82) is 0 Å². The molecule has 182 valence electrons. The number of ether oxygens (including phenoxy) is 3. The van der Waals surface area contributed by atoms with Gasteiger partial charge in [0.2, 0.25) is 0 Å². The molecule has 0 fully saturated rings. The van der Waals surface area contributed by atoms with Gasteiger partial charge in [0.15, 0.2) is 0 Å². The summed E-state index contributed by atoms with van der Waals surface area (Å²) in [4.78, 5) is 35.6. The Hall–Kier alpha value is -4.71. The summed E-state index contributed by atoms with van der Waals surface area (Å²) in [6.07, 6.45) is 8.84. The van der Waals surface area contributed by atoms with E-state index >= 15 is 0 Å². The number of esters is 3. The molecule has 0 aromatic heterocycles. The molecular formula is C30H26O6. The van der Waals surface area contributed by atoms with E-state index in [9.17, 15) is 14.4 Å². The maximum absolute atomic E-state index is 12.3. The average molecular weight is 483 g/mol. The third kappa shape index (κ3) is 7.14. The minimum absolute atomic E-state index is 0.373. The van der Waals surface area contributed by atoms with Crippen molar-refractivity contribution in [2.24, 2.45) is 0 Å². The Balaban J connectivity index is 1.91. The zero-order valence-corrected chi connectivity index (χ0v) is 20.3. The summed E-state index contributed by atoms with van der Waals surface area (Å²) < 4.78 is 16.1. The van der Waals surface area contributed by atoms with Crippen LogP contribution in [-0.4, -0.2) is 17.9 Å². The van der Waals surface area contributed by atoms with Crippen molar-refractivity contribution in [3.8, 4) is 39.5 Å². The van der Waals surface area contributed by atoms with Gasteiger partial charge in [-0.2, -0.15) is 0 Å². The number of carbonyl (C=O) groups excluding carboxylic acids is 3. The fourth-order valence-electron chi connectivity index (χ4n) is 3.29. The zero-order valence-electron chi connectivity index (χ0n) is 20.3. The van der Waals surface area contributed by atoms with Crippen LogP contribution in [0.15, 0.2) is 103 Å². The highest BCUT2D eigenvalue weighted by molar-refractivity contribution is 5.88. The molecule has 0 unspecified atom stereocenters. The van der Waals surface area contributed by atoms with Crippen LogP contribution in [0.3, 0.4) is 0 Å². The smallest absolute Gasteiger partial charge is 0.335 e. The highest BCUT2D eigenvalue weighted by Crippen LogP contribution is 2.35. The Morgan fingerprint density at radius 2 is 0.944 bits per heavy atom. The van der Waals surface area contributed by atoms with Crippen LogP contribution in [0.5, 0.6) is 17.2 Å². The molecule has 36 heavy (non-hydrogen) atoms. The number of hydrogen-bond donors (Lipinski definition) is 0. The van der Waals surface area contributed by atoms with E-state index < -0.39 is 17.9 Å². The van der Waals surface area contributed by atoms with E-state index in [0.717, 1.165) is 16.7 Å². The molecule has 3 rings (SSSR count). The summed E-state index contributed by atoms with van der Waals surface area (Å²) in [5.74, 6) is -0.208. The Labute approximate surface area is 210 Å². The van der Waals surface area contributed by atoms with E-state index in [4.69, 9.17) is 14.2 Å². The average Bonchev–Trinajstić information content (AvgIpc) is 2.85. The van der Waals surface area contributed by atoms with Gasteiger partial charge in [0, 0.05) is 23.8 Å². The normalized spacial score (nSPS) is 11.2. The largest absolute Gasteiger partial charge is 0.423 e. The molecule has 0 saturated heterocycles. The first-order valence-electron chi connectivity index (χ1n) is 11.3. The number of allylic oxidation sites excluding steroid dienone is 3. The van der Waals surface area contributed by atoms with Crippen molar-refractivity contribution in [3.05, 3.63) is 103 Å². The molecular weight excluding hydrogens is 456 g/mol. The van der Waals surface area contributed by atoms with Crippen molar-refractivity contribution in [2.45, 2.75) is 20.8 Å². The Bertz CT molecular complexity index is 1310. The van der Waals surface area contributed by atoms with Crippen LogP contribution in [0.2, 0.25) is 0 Å². The topological polar surface area (TPSA) is 78.9 Å². The van der Waals surface area contributed by atoms with E-state index in [-0.39, 0.29) is 0 Å². The molecule has 6 heteroatoms. The second-order valence-corrected chi connectivity index (χ2v) is 7.52. The van der Waals surface area contributed by atoms with Crippen molar-refractivity contribution < 1.29 is 28.6 Å². The number of carbonyl (C=O) groups is 3. The van der Waals surface area contributed by atoms with Crippen LogP contribution in [0, 0.1) is 0 Å². The molecule has 0 N–H and O–H groups in total. The Kier molecular flexibility index (Phi) is 9.12.